The second-order valence-electron chi connectivity index (χ2n) is 6.19. The van der Waals surface area contributed by atoms with E-state index in [0.717, 1.165) is 28.0 Å². The number of aromatic nitrogens is 2. The number of thiophene rings is 1. The molecule has 1 atom stereocenters. The van der Waals surface area contributed by atoms with Gasteiger partial charge < -0.3 is 5.32 Å². The normalized spacial score (nSPS) is 12.0. The molecule has 0 bridgehead atoms. The Morgan fingerprint density at radius 2 is 1.88 bits per heavy atom. The molecular formula is C20H21N3S. The largest absolute Gasteiger partial charge is 0.366 e. The number of fused-ring (bicyclic) bond motifs is 1. The molecule has 1 aromatic carbocycles. The highest BCUT2D eigenvalue weighted by atomic mass is 32.1. The molecule has 0 aliphatic heterocycles. The van der Waals surface area contributed by atoms with Gasteiger partial charge in [-0.3, -0.25) is 0 Å². The van der Waals surface area contributed by atoms with Crippen LogP contribution in [0.25, 0.3) is 10.2 Å². The quantitative estimate of drug-likeness (QED) is 0.677. The van der Waals surface area contributed by atoms with Gasteiger partial charge in [-0.2, -0.15) is 0 Å². The molecule has 122 valence electrons. The Morgan fingerprint density at radius 3 is 2.62 bits per heavy atom. The Kier molecular flexibility index (Phi) is 5.12. The van der Waals surface area contributed by atoms with Crippen LogP contribution in [0.15, 0.2) is 42.0 Å². The molecule has 3 rings (SSSR count). The maximum atomic E-state index is 4.35. The van der Waals surface area contributed by atoms with E-state index in [1.54, 1.807) is 17.7 Å². The molecule has 0 saturated carbocycles. The molecule has 0 aliphatic rings. The van der Waals surface area contributed by atoms with Crippen LogP contribution in [0.1, 0.15) is 44.2 Å². The third-order valence-electron chi connectivity index (χ3n) is 3.86. The van der Waals surface area contributed by atoms with E-state index in [-0.39, 0.29) is 6.04 Å². The fraction of sp³-hybridized carbons (Fsp3) is 0.300. The summed E-state index contributed by atoms with van der Waals surface area (Å²) in [5.41, 5.74) is 2.41. The predicted molar refractivity (Wildman–Crippen MR) is 103 cm³/mol. The highest BCUT2D eigenvalue weighted by Gasteiger charge is 2.07. The van der Waals surface area contributed by atoms with Crippen molar-refractivity contribution in [3.63, 3.8) is 0 Å². The molecule has 24 heavy (non-hydrogen) atoms. The minimum Gasteiger partial charge on any atom is -0.366 e. The van der Waals surface area contributed by atoms with Crippen molar-refractivity contribution in [3.05, 3.63) is 53.2 Å². The van der Waals surface area contributed by atoms with E-state index in [9.17, 15) is 0 Å². The van der Waals surface area contributed by atoms with E-state index in [2.05, 4.69) is 78.2 Å². The molecular weight excluding hydrogens is 314 g/mol. The molecule has 1 N–H and O–H groups in total. The van der Waals surface area contributed by atoms with Gasteiger partial charge in [0.1, 0.15) is 17.0 Å². The van der Waals surface area contributed by atoms with Gasteiger partial charge >= 0.3 is 0 Å². The number of nitrogens with one attached hydrogen (secondary N) is 1. The first kappa shape index (κ1) is 16.5. The third-order valence-corrected chi connectivity index (χ3v) is 4.68. The summed E-state index contributed by atoms with van der Waals surface area (Å²) in [5.74, 6) is 7.94. The molecule has 0 amide bonds. The van der Waals surface area contributed by atoms with Crippen LogP contribution in [0.5, 0.6) is 0 Å². The van der Waals surface area contributed by atoms with Gasteiger partial charge in [0.2, 0.25) is 0 Å². The summed E-state index contributed by atoms with van der Waals surface area (Å²) in [6.45, 7) is 6.52. The van der Waals surface area contributed by atoms with E-state index < -0.39 is 0 Å². The standard InChI is InChI=1S/C20H21N3S/c1-14(2)17-9-7-16(8-10-17)6-4-5-15(3)23-19-18-11-12-24-20(18)22-13-21-19/h7-15H,5H2,1-3H3,(H,21,22,23). The Hall–Kier alpha value is -2.38. The molecule has 0 fully saturated rings. The molecule has 0 aliphatic carbocycles. The topological polar surface area (TPSA) is 37.8 Å². The van der Waals surface area contributed by atoms with Gasteiger partial charge in [-0.25, -0.2) is 9.97 Å². The minimum atomic E-state index is 0.227. The number of nitrogens with zero attached hydrogens (tertiary/aromatic N) is 2. The van der Waals surface area contributed by atoms with Crippen LogP contribution < -0.4 is 5.32 Å². The van der Waals surface area contributed by atoms with Gasteiger partial charge in [0.15, 0.2) is 0 Å². The van der Waals surface area contributed by atoms with E-state index in [0.29, 0.717) is 5.92 Å². The van der Waals surface area contributed by atoms with Gasteiger partial charge in [0, 0.05) is 18.0 Å². The first-order chi connectivity index (χ1) is 11.6. The Bertz CT molecular complexity index is 869. The summed E-state index contributed by atoms with van der Waals surface area (Å²) < 4.78 is 0. The van der Waals surface area contributed by atoms with Crippen molar-refractivity contribution >= 4 is 27.4 Å². The van der Waals surface area contributed by atoms with E-state index in [1.807, 2.05) is 5.38 Å². The lowest BCUT2D eigenvalue weighted by molar-refractivity contribution is 0.822. The molecule has 2 heterocycles. The number of rotatable bonds is 4. The molecule has 1 unspecified atom stereocenters. The predicted octanol–water partition coefficient (Wildman–Crippen LogP) is 5.06. The summed E-state index contributed by atoms with van der Waals surface area (Å²) in [6, 6.07) is 10.8. The van der Waals surface area contributed by atoms with E-state index in [4.69, 9.17) is 0 Å². The highest BCUT2D eigenvalue weighted by Crippen LogP contribution is 2.24. The SMILES string of the molecule is CC(CC#Cc1ccc(C(C)C)cc1)Nc1ncnc2sccc12. The number of anilines is 1. The van der Waals surface area contributed by atoms with Crippen LogP contribution in [0, 0.1) is 11.8 Å². The maximum absolute atomic E-state index is 4.35. The van der Waals surface area contributed by atoms with Crippen LogP contribution in [-0.2, 0) is 0 Å². The van der Waals surface area contributed by atoms with Crippen LogP contribution in [0.3, 0.4) is 0 Å². The summed E-state index contributed by atoms with van der Waals surface area (Å²) in [5, 5.41) is 6.55. The van der Waals surface area contributed by atoms with E-state index >= 15 is 0 Å². The van der Waals surface area contributed by atoms with Gasteiger partial charge in [-0.15, -0.1) is 11.3 Å². The molecule has 0 saturated heterocycles. The average molecular weight is 335 g/mol. The first-order valence-electron chi connectivity index (χ1n) is 8.17. The monoisotopic (exact) mass is 335 g/mol. The zero-order valence-electron chi connectivity index (χ0n) is 14.2. The molecule has 3 nitrogen and oxygen atoms in total. The van der Waals surface area contributed by atoms with Crippen molar-refractivity contribution in [1.82, 2.24) is 9.97 Å². The molecule has 4 heteroatoms. The second-order valence-corrected chi connectivity index (χ2v) is 7.08. The smallest absolute Gasteiger partial charge is 0.138 e. The molecule has 2 aromatic heterocycles. The number of hydrogen-bond donors (Lipinski definition) is 1. The zero-order valence-corrected chi connectivity index (χ0v) is 15.0. The van der Waals surface area contributed by atoms with Crippen LogP contribution in [0.4, 0.5) is 5.82 Å². The average Bonchev–Trinajstić information content (AvgIpc) is 3.05. The summed E-state index contributed by atoms with van der Waals surface area (Å²) >= 11 is 1.63. The number of benzene rings is 1. The van der Waals surface area contributed by atoms with Gasteiger partial charge in [0.05, 0.1) is 5.39 Å². The highest BCUT2D eigenvalue weighted by molar-refractivity contribution is 7.16. The van der Waals surface area contributed by atoms with Crippen molar-refractivity contribution in [2.75, 3.05) is 5.32 Å². The maximum Gasteiger partial charge on any atom is 0.138 e. The molecule has 3 aromatic rings. The second kappa shape index (κ2) is 7.46. The number of hydrogen-bond acceptors (Lipinski definition) is 4. The lowest BCUT2D eigenvalue weighted by atomic mass is 10.0. The zero-order chi connectivity index (χ0) is 16.9. The Morgan fingerprint density at radius 1 is 1.08 bits per heavy atom. The van der Waals surface area contributed by atoms with Crippen molar-refractivity contribution in [3.8, 4) is 11.8 Å². The van der Waals surface area contributed by atoms with Crippen molar-refractivity contribution < 1.29 is 0 Å². The lowest BCUT2D eigenvalue weighted by Gasteiger charge is -2.11. The van der Waals surface area contributed by atoms with Gasteiger partial charge in [0.25, 0.3) is 0 Å². The van der Waals surface area contributed by atoms with E-state index in [1.165, 1.54) is 5.56 Å². The minimum absolute atomic E-state index is 0.227. The third kappa shape index (κ3) is 3.93. The first-order valence-corrected chi connectivity index (χ1v) is 9.05. The van der Waals surface area contributed by atoms with Crippen molar-refractivity contribution in [1.29, 1.82) is 0 Å². The fourth-order valence-electron chi connectivity index (χ4n) is 2.45. The van der Waals surface area contributed by atoms with Crippen LogP contribution in [-0.4, -0.2) is 16.0 Å². The van der Waals surface area contributed by atoms with Crippen molar-refractivity contribution in [2.24, 2.45) is 0 Å². The van der Waals surface area contributed by atoms with Crippen molar-refractivity contribution in [2.45, 2.75) is 39.2 Å². The molecule has 0 radical (unpaired) electrons. The molecule has 0 spiro atoms. The Balaban J connectivity index is 1.62. The summed E-state index contributed by atoms with van der Waals surface area (Å²) in [4.78, 5) is 9.63. The Labute approximate surface area is 147 Å². The summed E-state index contributed by atoms with van der Waals surface area (Å²) in [6.07, 6.45) is 2.37. The van der Waals surface area contributed by atoms with Crippen LogP contribution >= 0.6 is 11.3 Å². The summed E-state index contributed by atoms with van der Waals surface area (Å²) in [7, 11) is 0. The van der Waals surface area contributed by atoms with Gasteiger partial charge in [-0.05, 0) is 42.0 Å². The fourth-order valence-corrected chi connectivity index (χ4v) is 3.18. The lowest BCUT2D eigenvalue weighted by Crippen LogP contribution is -2.15. The van der Waals surface area contributed by atoms with Crippen LogP contribution in [0.2, 0.25) is 0 Å². The van der Waals surface area contributed by atoms with Gasteiger partial charge in [-0.1, -0.05) is 37.8 Å².